The van der Waals surface area contributed by atoms with Gasteiger partial charge in [-0.3, -0.25) is 4.98 Å². The Morgan fingerprint density at radius 2 is 1.81 bits per heavy atom. The van der Waals surface area contributed by atoms with Crippen molar-refractivity contribution in [3.8, 4) is 11.4 Å². The van der Waals surface area contributed by atoms with Crippen molar-refractivity contribution in [2.75, 3.05) is 0 Å². The molecule has 0 atom stereocenters. The molecular weight excluding hydrogens is 332 g/mol. The Kier molecular flexibility index (Phi) is 3.40. The Morgan fingerprint density at radius 1 is 0.926 bits per heavy atom. The molecule has 0 amide bonds. The maximum atomic E-state index is 4.88. The fourth-order valence-electron chi connectivity index (χ4n) is 4.85. The molecule has 4 nitrogen and oxygen atoms in total. The van der Waals surface area contributed by atoms with E-state index in [-0.39, 0.29) is 0 Å². The second-order valence-electron chi connectivity index (χ2n) is 8.24. The van der Waals surface area contributed by atoms with E-state index in [0.29, 0.717) is 6.04 Å². The Hall–Kier alpha value is -2.62. The third-order valence-corrected chi connectivity index (χ3v) is 6.42. The summed E-state index contributed by atoms with van der Waals surface area (Å²) in [5.41, 5.74) is 6.02. The van der Waals surface area contributed by atoms with Crippen molar-refractivity contribution in [3.63, 3.8) is 0 Å². The molecule has 136 valence electrons. The second-order valence-corrected chi connectivity index (χ2v) is 8.24. The van der Waals surface area contributed by atoms with Gasteiger partial charge in [0.25, 0.3) is 0 Å². The molecule has 27 heavy (non-hydrogen) atoms. The number of H-pyrrole nitrogens is 1. The molecule has 6 rings (SSSR count). The zero-order valence-electron chi connectivity index (χ0n) is 15.5. The molecule has 0 saturated heterocycles. The van der Waals surface area contributed by atoms with E-state index >= 15 is 0 Å². The highest BCUT2D eigenvalue weighted by Gasteiger charge is 2.25. The van der Waals surface area contributed by atoms with Crippen molar-refractivity contribution in [1.82, 2.24) is 19.5 Å². The highest BCUT2D eigenvalue weighted by molar-refractivity contribution is 6.04. The summed E-state index contributed by atoms with van der Waals surface area (Å²) in [5.74, 6) is 0.749. The molecule has 0 unspecified atom stereocenters. The second kappa shape index (κ2) is 5.95. The summed E-state index contributed by atoms with van der Waals surface area (Å²) < 4.78 is 2.57. The maximum absolute atomic E-state index is 4.88. The van der Waals surface area contributed by atoms with Gasteiger partial charge in [-0.15, -0.1) is 0 Å². The molecule has 4 aromatic rings. The molecule has 4 heterocycles. The van der Waals surface area contributed by atoms with E-state index in [1.54, 1.807) is 0 Å². The van der Waals surface area contributed by atoms with Crippen LogP contribution in [0.3, 0.4) is 0 Å². The van der Waals surface area contributed by atoms with Crippen LogP contribution in [0.5, 0.6) is 0 Å². The minimum Gasteiger partial charge on any atom is -0.346 e. The molecule has 0 radical (unpaired) electrons. The van der Waals surface area contributed by atoms with Crippen LogP contribution < -0.4 is 0 Å². The van der Waals surface area contributed by atoms with Crippen molar-refractivity contribution < 1.29 is 0 Å². The number of aromatic nitrogens is 4. The normalized spacial score (nSPS) is 18.5. The smallest absolute Gasteiger partial charge is 0.139 e. The van der Waals surface area contributed by atoms with Crippen LogP contribution in [0.15, 0.2) is 42.9 Å². The summed E-state index contributed by atoms with van der Waals surface area (Å²) in [6, 6.07) is 9.52. The van der Waals surface area contributed by atoms with Crippen molar-refractivity contribution in [1.29, 1.82) is 0 Å². The molecule has 2 saturated carbocycles. The summed E-state index contributed by atoms with van der Waals surface area (Å²) in [6.07, 6.45) is 15.3. The summed E-state index contributed by atoms with van der Waals surface area (Å²) in [7, 11) is 0. The zero-order chi connectivity index (χ0) is 17.8. The lowest BCUT2D eigenvalue weighted by Crippen LogP contribution is -2.14. The lowest BCUT2D eigenvalue weighted by atomic mass is 9.95. The van der Waals surface area contributed by atoms with Crippen molar-refractivity contribution in [3.05, 3.63) is 48.4 Å². The van der Waals surface area contributed by atoms with Gasteiger partial charge in [0, 0.05) is 35.4 Å². The van der Waals surface area contributed by atoms with Gasteiger partial charge in [0.05, 0.1) is 16.9 Å². The number of hydrogen-bond donors (Lipinski definition) is 1. The highest BCUT2D eigenvalue weighted by Crippen LogP contribution is 2.41. The Morgan fingerprint density at radius 3 is 2.59 bits per heavy atom. The first-order valence-electron chi connectivity index (χ1n) is 10.3. The highest BCUT2D eigenvalue weighted by atomic mass is 15.0. The summed E-state index contributed by atoms with van der Waals surface area (Å²) in [5, 5.41) is 2.44. The van der Waals surface area contributed by atoms with Crippen LogP contribution in [0.1, 0.15) is 62.5 Å². The van der Waals surface area contributed by atoms with Gasteiger partial charge < -0.3 is 9.55 Å². The van der Waals surface area contributed by atoms with E-state index < -0.39 is 0 Å². The number of aromatic amines is 1. The van der Waals surface area contributed by atoms with E-state index in [2.05, 4.69) is 45.0 Å². The first-order valence-corrected chi connectivity index (χ1v) is 10.3. The Balaban J connectivity index is 1.58. The van der Waals surface area contributed by atoms with E-state index in [4.69, 9.17) is 4.98 Å². The van der Waals surface area contributed by atoms with Gasteiger partial charge in [0.1, 0.15) is 5.65 Å². The summed E-state index contributed by atoms with van der Waals surface area (Å²) in [6.45, 7) is 0. The number of nitrogens with zero attached hydrogens (tertiary/aromatic N) is 3. The standard InChI is InChI=1S/C23H24N4/c1-2-4-18(5-3-1)27-21(20-9-8-16(13-25-20)15-6-7-15)12-17-14-26-23-19(22(17)27)10-11-24-23/h8-15,18H,1-7H2,(H,24,26). The van der Waals surface area contributed by atoms with Gasteiger partial charge in [0.15, 0.2) is 0 Å². The first kappa shape index (κ1) is 15.4. The number of rotatable bonds is 3. The van der Waals surface area contributed by atoms with E-state index in [0.717, 1.165) is 17.3 Å². The lowest BCUT2D eigenvalue weighted by Gasteiger charge is -2.26. The molecule has 4 heteroatoms. The SMILES string of the molecule is c1cc2c(ncc3cc(-c4ccc(C5CC5)cn4)n(C4CCCCC4)c32)[nH]1. The van der Waals surface area contributed by atoms with Crippen LogP contribution in [0.25, 0.3) is 33.3 Å². The number of nitrogens with one attached hydrogen (secondary N) is 1. The zero-order valence-corrected chi connectivity index (χ0v) is 15.5. The van der Waals surface area contributed by atoms with E-state index in [9.17, 15) is 0 Å². The van der Waals surface area contributed by atoms with Gasteiger partial charge in [0.2, 0.25) is 0 Å². The largest absolute Gasteiger partial charge is 0.346 e. The summed E-state index contributed by atoms with van der Waals surface area (Å²) >= 11 is 0. The molecule has 4 aromatic heterocycles. The Labute approximate surface area is 158 Å². The summed E-state index contributed by atoms with van der Waals surface area (Å²) in [4.78, 5) is 12.8. The van der Waals surface area contributed by atoms with Gasteiger partial charge >= 0.3 is 0 Å². The molecule has 2 aliphatic carbocycles. The topological polar surface area (TPSA) is 46.5 Å². The lowest BCUT2D eigenvalue weighted by molar-refractivity contribution is 0.363. The third kappa shape index (κ3) is 2.50. The van der Waals surface area contributed by atoms with E-state index in [1.807, 2.05) is 12.4 Å². The maximum Gasteiger partial charge on any atom is 0.139 e. The quantitative estimate of drug-likeness (QED) is 0.492. The van der Waals surface area contributed by atoms with Crippen LogP contribution in [0.2, 0.25) is 0 Å². The van der Waals surface area contributed by atoms with E-state index in [1.165, 1.54) is 72.5 Å². The molecular formula is C23H24N4. The molecule has 2 fully saturated rings. The number of pyridine rings is 2. The molecule has 0 spiro atoms. The first-order chi connectivity index (χ1) is 13.4. The van der Waals surface area contributed by atoms with Crippen LogP contribution in [-0.4, -0.2) is 19.5 Å². The average Bonchev–Trinajstić information content (AvgIpc) is 3.33. The van der Waals surface area contributed by atoms with Gasteiger partial charge in [-0.2, -0.15) is 0 Å². The molecule has 0 bridgehead atoms. The predicted molar refractivity (Wildman–Crippen MR) is 109 cm³/mol. The Bertz CT molecular complexity index is 1110. The molecule has 1 N–H and O–H groups in total. The fraction of sp³-hybridized carbons (Fsp3) is 0.391. The predicted octanol–water partition coefficient (Wildman–Crippen LogP) is 5.96. The molecule has 0 aliphatic heterocycles. The average molecular weight is 356 g/mol. The van der Waals surface area contributed by atoms with Crippen LogP contribution in [0.4, 0.5) is 0 Å². The fourth-order valence-corrected chi connectivity index (χ4v) is 4.85. The monoisotopic (exact) mass is 356 g/mol. The van der Waals surface area contributed by atoms with Gasteiger partial charge in [-0.05, 0) is 55.4 Å². The van der Waals surface area contributed by atoms with Crippen molar-refractivity contribution in [2.24, 2.45) is 0 Å². The van der Waals surface area contributed by atoms with Crippen molar-refractivity contribution in [2.45, 2.75) is 56.9 Å². The van der Waals surface area contributed by atoms with Gasteiger partial charge in [-0.25, -0.2) is 4.98 Å². The molecule has 2 aliphatic rings. The minimum atomic E-state index is 0.552. The van der Waals surface area contributed by atoms with Crippen LogP contribution >= 0.6 is 0 Å². The molecule has 0 aromatic carbocycles. The van der Waals surface area contributed by atoms with Crippen LogP contribution in [0, 0.1) is 0 Å². The van der Waals surface area contributed by atoms with Gasteiger partial charge in [-0.1, -0.05) is 25.3 Å². The number of fused-ring (bicyclic) bond motifs is 3. The van der Waals surface area contributed by atoms with Crippen molar-refractivity contribution >= 4 is 21.9 Å². The minimum absolute atomic E-state index is 0.552. The number of hydrogen-bond acceptors (Lipinski definition) is 2. The van der Waals surface area contributed by atoms with Crippen LogP contribution in [-0.2, 0) is 0 Å². The third-order valence-electron chi connectivity index (χ3n) is 6.42.